The molecule has 0 aliphatic rings. The molecular formula is C32H41N3O5. The van der Waals surface area contributed by atoms with E-state index in [1.807, 2.05) is 97.9 Å². The van der Waals surface area contributed by atoms with Crippen molar-refractivity contribution in [2.24, 2.45) is 0 Å². The van der Waals surface area contributed by atoms with E-state index in [9.17, 15) is 9.59 Å². The molecule has 0 unspecified atom stereocenters. The van der Waals surface area contributed by atoms with Gasteiger partial charge < -0.3 is 14.2 Å². The molecule has 0 spiro atoms. The Balaban J connectivity index is 2.07. The predicted octanol–water partition coefficient (Wildman–Crippen LogP) is 7.59. The van der Waals surface area contributed by atoms with Crippen LogP contribution in [0, 0.1) is 13.8 Å². The Hall–Kier alpha value is -4.07. The minimum atomic E-state index is -0.712. The number of anilines is 2. The maximum absolute atomic E-state index is 13.5. The lowest BCUT2D eigenvalue weighted by Gasteiger charge is -2.30. The molecule has 0 bridgehead atoms. The van der Waals surface area contributed by atoms with Gasteiger partial charge in [-0.2, -0.15) is 0 Å². The summed E-state index contributed by atoms with van der Waals surface area (Å²) in [6.45, 7) is 15.2. The minimum Gasteiger partial charge on any atom is -0.496 e. The standard InChI is InChI=1S/C32H41N3O5/c1-22-19-33-27(23(2)28(22)38-9)21-35(30(37)40-32(6,7)8)26-17-13-16-25(18-26)34(29(36)39-31(3,4)5)20-24-14-11-10-12-15-24/h10-19H,20-21H2,1-9H3. The summed E-state index contributed by atoms with van der Waals surface area (Å²) in [6.07, 6.45) is 0.713. The Bertz CT molecular complexity index is 1330. The molecule has 3 rings (SSSR count). The second-order valence-electron chi connectivity index (χ2n) is 11.7. The number of aryl methyl sites for hydroxylation is 1. The number of pyridine rings is 1. The van der Waals surface area contributed by atoms with Crippen molar-refractivity contribution in [3.8, 4) is 5.75 Å². The van der Waals surface area contributed by atoms with Crippen LogP contribution in [0.25, 0.3) is 0 Å². The molecule has 0 radical (unpaired) electrons. The SMILES string of the molecule is COc1c(C)cnc(CN(C(=O)OC(C)(C)C)c2cccc(N(Cc3ccccc3)C(=O)OC(C)(C)C)c2)c1C. The topological polar surface area (TPSA) is 81.2 Å². The molecule has 2 aromatic carbocycles. The molecule has 40 heavy (non-hydrogen) atoms. The third-order valence-corrected chi connectivity index (χ3v) is 5.92. The van der Waals surface area contributed by atoms with Crippen molar-refractivity contribution in [3.05, 3.63) is 83.2 Å². The van der Waals surface area contributed by atoms with E-state index in [0.717, 1.165) is 22.4 Å². The first-order valence-electron chi connectivity index (χ1n) is 13.3. The van der Waals surface area contributed by atoms with Gasteiger partial charge in [-0.1, -0.05) is 36.4 Å². The molecule has 0 saturated heterocycles. The van der Waals surface area contributed by atoms with Crippen LogP contribution in [0.2, 0.25) is 0 Å². The summed E-state index contributed by atoms with van der Waals surface area (Å²) >= 11 is 0. The first-order chi connectivity index (χ1) is 18.7. The Morgan fingerprint density at radius 3 is 1.80 bits per heavy atom. The van der Waals surface area contributed by atoms with Crippen LogP contribution < -0.4 is 14.5 Å². The van der Waals surface area contributed by atoms with Crippen LogP contribution in [0.5, 0.6) is 5.75 Å². The molecule has 2 amide bonds. The van der Waals surface area contributed by atoms with Crippen molar-refractivity contribution >= 4 is 23.6 Å². The zero-order chi connectivity index (χ0) is 29.7. The van der Waals surface area contributed by atoms with Crippen molar-refractivity contribution in [1.29, 1.82) is 0 Å². The maximum atomic E-state index is 13.5. The number of nitrogens with zero attached hydrogens (tertiary/aromatic N) is 3. The third-order valence-electron chi connectivity index (χ3n) is 5.92. The Morgan fingerprint density at radius 1 is 0.775 bits per heavy atom. The predicted molar refractivity (Wildman–Crippen MR) is 158 cm³/mol. The van der Waals surface area contributed by atoms with Gasteiger partial charge in [0.2, 0.25) is 0 Å². The lowest BCUT2D eigenvalue weighted by molar-refractivity contribution is 0.0568. The van der Waals surface area contributed by atoms with Crippen LogP contribution in [0.15, 0.2) is 60.8 Å². The molecule has 0 aliphatic carbocycles. The molecule has 0 saturated carbocycles. The molecule has 214 valence electrons. The molecule has 0 N–H and O–H groups in total. The van der Waals surface area contributed by atoms with E-state index < -0.39 is 23.4 Å². The van der Waals surface area contributed by atoms with Gasteiger partial charge in [-0.15, -0.1) is 0 Å². The summed E-state index contributed by atoms with van der Waals surface area (Å²) in [4.78, 5) is 34.6. The number of hydrogen-bond donors (Lipinski definition) is 0. The molecule has 8 nitrogen and oxygen atoms in total. The highest BCUT2D eigenvalue weighted by Gasteiger charge is 2.28. The Labute approximate surface area is 237 Å². The van der Waals surface area contributed by atoms with Crippen molar-refractivity contribution in [2.75, 3.05) is 16.9 Å². The zero-order valence-corrected chi connectivity index (χ0v) is 25.1. The summed E-state index contributed by atoms with van der Waals surface area (Å²) in [5.74, 6) is 0.724. The number of carbonyl (C=O) groups excluding carboxylic acids is 2. The molecule has 3 aromatic rings. The number of hydrogen-bond acceptors (Lipinski definition) is 6. The van der Waals surface area contributed by atoms with Gasteiger partial charge in [-0.05, 0) is 79.2 Å². The van der Waals surface area contributed by atoms with Gasteiger partial charge in [0.15, 0.2) is 0 Å². The van der Waals surface area contributed by atoms with Gasteiger partial charge in [0.25, 0.3) is 0 Å². The highest BCUT2D eigenvalue weighted by molar-refractivity contribution is 5.92. The van der Waals surface area contributed by atoms with E-state index in [-0.39, 0.29) is 6.54 Å². The van der Waals surface area contributed by atoms with Gasteiger partial charge in [-0.3, -0.25) is 14.8 Å². The summed E-state index contributed by atoms with van der Waals surface area (Å²) in [7, 11) is 1.62. The van der Waals surface area contributed by atoms with Crippen molar-refractivity contribution in [2.45, 2.75) is 79.7 Å². The van der Waals surface area contributed by atoms with Crippen molar-refractivity contribution in [3.63, 3.8) is 0 Å². The average Bonchev–Trinajstić information content (AvgIpc) is 2.85. The lowest BCUT2D eigenvalue weighted by atomic mass is 10.1. The number of amides is 2. The number of carbonyl (C=O) groups is 2. The van der Waals surface area contributed by atoms with E-state index >= 15 is 0 Å². The molecular weight excluding hydrogens is 506 g/mol. The largest absolute Gasteiger partial charge is 0.496 e. The fourth-order valence-corrected chi connectivity index (χ4v) is 4.13. The van der Waals surface area contributed by atoms with Crippen LogP contribution in [-0.2, 0) is 22.6 Å². The van der Waals surface area contributed by atoms with Gasteiger partial charge in [0.1, 0.15) is 17.0 Å². The van der Waals surface area contributed by atoms with Crippen LogP contribution in [0.4, 0.5) is 21.0 Å². The number of methoxy groups -OCH3 is 1. The van der Waals surface area contributed by atoms with Crippen LogP contribution in [0.3, 0.4) is 0 Å². The van der Waals surface area contributed by atoms with E-state index in [0.29, 0.717) is 23.6 Å². The highest BCUT2D eigenvalue weighted by Crippen LogP contribution is 2.30. The van der Waals surface area contributed by atoms with Gasteiger partial charge in [0.05, 0.1) is 25.9 Å². The summed E-state index contributed by atoms with van der Waals surface area (Å²) in [6, 6.07) is 16.9. The third kappa shape index (κ3) is 8.21. The molecule has 0 atom stereocenters. The molecule has 8 heteroatoms. The molecule has 1 aromatic heterocycles. The minimum absolute atomic E-state index is 0.145. The van der Waals surface area contributed by atoms with Gasteiger partial charge in [-0.25, -0.2) is 9.59 Å². The number of aromatic nitrogens is 1. The smallest absolute Gasteiger partial charge is 0.415 e. The second-order valence-corrected chi connectivity index (χ2v) is 11.7. The second kappa shape index (κ2) is 12.4. The lowest BCUT2D eigenvalue weighted by Crippen LogP contribution is -2.38. The monoisotopic (exact) mass is 547 g/mol. The van der Waals surface area contributed by atoms with E-state index in [4.69, 9.17) is 14.2 Å². The van der Waals surface area contributed by atoms with E-state index in [2.05, 4.69) is 4.98 Å². The Morgan fingerprint density at radius 2 is 1.30 bits per heavy atom. The maximum Gasteiger partial charge on any atom is 0.415 e. The van der Waals surface area contributed by atoms with E-state index in [1.165, 1.54) is 4.90 Å². The zero-order valence-electron chi connectivity index (χ0n) is 25.1. The van der Waals surface area contributed by atoms with Crippen LogP contribution in [0.1, 0.15) is 63.9 Å². The average molecular weight is 548 g/mol. The number of benzene rings is 2. The van der Waals surface area contributed by atoms with Gasteiger partial charge in [0, 0.05) is 28.7 Å². The first kappa shape index (κ1) is 30.5. The van der Waals surface area contributed by atoms with Crippen molar-refractivity contribution < 1.29 is 23.8 Å². The Kier molecular flexibility index (Phi) is 9.45. The summed E-state index contributed by atoms with van der Waals surface area (Å²) in [5, 5.41) is 0. The normalized spacial score (nSPS) is 11.5. The van der Waals surface area contributed by atoms with Crippen LogP contribution >= 0.6 is 0 Å². The highest BCUT2D eigenvalue weighted by atomic mass is 16.6. The number of ether oxygens (including phenoxy) is 3. The van der Waals surface area contributed by atoms with Crippen molar-refractivity contribution in [1.82, 2.24) is 4.98 Å². The molecule has 0 aliphatic heterocycles. The summed E-state index contributed by atoms with van der Waals surface area (Å²) in [5.41, 5.74) is 3.09. The fraction of sp³-hybridized carbons (Fsp3) is 0.406. The number of rotatable bonds is 7. The summed E-state index contributed by atoms with van der Waals surface area (Å²) < 4.78 is 17.1. The van der Waals surface area contributed by atoms with Crippen LogP contribution in [-0.4, -0.2) is 35.5 Å². The fourth-order valence-electron chi connectivity index (χ4n) is 4.13. The van der Waals surface area contributed by atoms with Gasteiger partial charge >= 0.3 is 12.2 Å². The first-order valence-corrected chi connectivity index (χ1v) is 13.3. The van der Waals surface area contributed by atoms with E-state index in [1.54, 1.807) is 30.3 Å². The molecule has 1 heterocycles. The quantitative estimate of drug-likeness (QED) is 0.303. The molecule has 0 fully saturated rings.